The molecule has 0 aliphatic heterocycles. The number of nitrogens with one attached hydrogen (secondary N) is 1. The van der Waals surface area contributed by atoms with Gasteiger partial charge in [0.1, 0.15) is 0 Å². The highest BCUT2D eigenvalue weighted by atomic mass is 16.5. The number of nitrogen functional groups attached to an aromatic ring is 1. The lowest BCUT2D eigenvalue weighted by atomic mass is 10.2. The highest BCUT2D eigenvalue weighted by Crippen LogP contribution is 2.24. The minimum Gasteiger partial charge on any atom is -0.465 e. The van der Waals surface area contributed by atoms with Crippen molar-refractivity contribution in [2.24, 2.45) is 0 Å². The molecule has 2 rings (SSSR count). The van der Waals surface area contributed by atoms with E-state index in [9.17, 15) is 4.79 Å². The summed E-state index contributed by atoms with van der Waals surface area (Å²) in [6.07, 6.45) is 4.89. The van der Waals surface area contributed by atoms with Gasteiger partial charge in [-0.3, -0.25) is 4.98 Å². The second-order valence-corrected chi connectivity index (χ2v) is 3.99. The van der Waals surface area contributed by atoms with Crippen molar-refractivity contribution in [3.63, 3.8) is 0 Å². The molecule has 19 heavy (non-hydrogen) atoms. The maximum Gasteiger partial charge on any atom is 0.340 e. The van der Waals surface area contributed by atoms with Gasteiger partial charge in [-0.05, 0) is 24.6 Å². The van der Waals surface area contributed by atoms with E-state index >= 15 is 0 Å². The quantitative estimate of drug-likeness (QED) is 0.817. The van der Waals surface area contributed by atoms with Gasteiger partial charge in [0.05, 0.1) is 30.2 Å². The molecule has 0 saturated heterocycles. The molecule has 0 amide bonds. The monoisotopic (exact) mass is 258 g/mol. The highest BCUT2D eigenvalue weighted by Gasteiger charge is 2.13. The van der Waals surface area contributed by atoms with Gasteiger partial charge in [-0.15, -0.1) is 0 Å². The molecule has 0 fully saturated rings. The summed E-state index contributed by atoms with van der Waals surface area (Å²) in [6, 6.07) is 3.42. The number of esters is 1. The first-order valence-electron chi connectivity index (χ1n) is 5.63. The van der Waals surface area contributed by atoms with Crippen molar-refractivity contribution >= 4 is 23.2 Å². The van der Waals surface area contributed by atoms with Crippen LogP contribution in [-0.4, -0.2) is 23.0 Å². The highest BCUT2D eigenvalue weighted by molar-refractivity contribution is 5.97. The first-order chi connectivity index (χ1) is 9.11. The summed E-state index contributed by atoms with van der Waals surface area (Å²) in [7, 11) is 1.31. The number of pyridine rings is 2. The summed E-state index contributed by atoms with van der Waals surface area (Å²) in [5.41, 5.74) is 8.18. The molecule has 0 bridgehead atoms. The topological polar surface area (TPSA) is 90.1 Å². The molecule has 0 aliphatic rings. The molecule has 0 spiro atoms. The van der Waals surface area contributed by atoms with E-state index in [0.717, 1.165) is 11.3 Å². The standard InChI is InChI=1S/C13H14N4O2/c1-8-5-9(7-15-6-8)17-12-11(14)10(3-4-16-12)13(18)19-2/h3-7H,14H2,1-2H3,(H,16,17). The lowest BCUT2D eigenvalue weighted by Gasteiger charge is -2.10. The van der Waals surface area contributed by atoms with Crippen molar-refractivity contribution in [1.82, 2.24) is 9.97 Å². The van der Waals surface area contributed by atoms with Gasteiger partial charge in [0.2, 0.25) is 0 Å². The Morgan fingerprint density at radius 3 is 2.89 bits per heavy atom. The zero-order chi connectivity index (χ0) is 13.8. The number of ether oxygens (including phenoxy) is 1. The SMILES string of the molecule is COC(=O)c1ccnc(Nc2cncc(C)c2)c1N. The number of rotatable bonds is 3. The zero-order valence-electron chi connectivity index (χ0n) is 10.7. The van der Waals surface area contributed by atoms with Crippen LogP contribution in [-0.2, 0) is 4.74 Å². The minimum atomic E-state index is -0.495. The molecular formula is C13H14N4O2. The molecular weight excluding hydrogens is 244 g/mol. The molecule has 2 heterocycles. The van der Waals surface area contributed by atoms with Gasteiger partial charge < -0.3 is 15.8 Å². The average Bonchev–Trinajstić information content (AvgIpc) is 2.40. The van der Waals surface area contributed by atoms with Crippen LogP contribution >= 0.6 is 0 Å². The fourth-order valence-corrected chi connectivity index (χ4v) is 1.62. The number of aromatic nitrogens is 2. The van der Waals surface area contributed by atoms with Crippen LogP contribution in [0.4, 0.5) is 17.2 Å². The third kappa shape index (κ3) is 2.79. The number of aryl methyl sites for hydroxylation is 1. The first kappa shape index (κ1) is 12.8. The number of methoxy groups -OCH3 is 1. The predicted octanol–water partition coefficient (Wildman–Crippen LogP) is 1.90. The van der Waals surface area contributed by atoms with Crippen molar-refractivity contribution in [2.45, 2.75) is 6.92 Å². The molecule has 0 saturated carbocycles. The number of hydrogen-bond acceptors (Lipinski definition) is 6. The van der Waals surface area contributed by atoms with E-state index in [-0.39, 0.29) is 11.3 Å². The Morgan fingerprint density at radius 1 is 1.42 bits per heavy atom. The average molecular weight is 258 g/mol. The third-order valence-corrected chi connectivity index (χ3v) is 2.53. The Labute approximate surface area is 110 Å². The van der Waals surface area contributed by atoms with Gasteiger partial charge in [0.15, 0.2) is 5.82 Å². The van der Waals surface area contributed by atoms with Crippen molar-refractivity contribution in [1.29, 1.82) is 0 Å². The van der Waals surface area contributed by atoms with Crippen molar-refractivity contribution < 1.29 is 9.53 Å². The lowest BCUT2D eigenvalue weighted by Crippen LogP contribution is -2.09. The van der Waals surface area contributed by atoms with Gasteiger partial charge in [0, 0.05) is 12.4 Å². The summed E-state index contributed by atoms with van der Waals surface area (Å²) in [5.74, 6) is -0.0967. The predicted molar refractivity (Wildman–Crippen MR) is 72.2 cm³/mol. The zero-order valence-corrected chi connectivity index (χ0v) is 10.7. The van der Waals surface area contributed by atoms with E-state index in [1.54, 1.807) is 12.4 Å². The maximum atomic E-state index is 11.5. The van der Waals surface area contributed by atoms with E-state index in [0.29, 0.717) is 5.82 Å². The van der Waals surface area contributed by atoms with Crippen molar-refractivity contribution in [2.75, 3.05) is 18.2 Å². The van der Waals surface area contributed by atoms with Gasteiger partial charge >= 0.3 is 5.97 Å². The van der Waals surface area contributed by atoms with Crippen LogP contribution < -0.4 is 11.1 Å². The largest absolute Gasteiger partial charge is 0.465 e. The number of carbonyl (C=O) groups is 1. The molecule has 0 radical (unpaired) electrons. The molecule has 3 N–H and O–H groups in total. The van der Waals surface area contributed by atoms with Crippen LogP contribution in [0.5, 0.6) is 0 Å². The Bertz CT molecular complexity index is 613. The van der Waals surface area contributed by atoms with Crippen molar-refractivity contribution in [3.8, 4) is 0 Å². The first-order valence-corrected chi connectivity index (χ1v) is 5.63. The number of carbonyl (C=O) groups excluding carboxylic acids is 1. The normalized spacial score (nSPS) is 10.0. The van der Waals surface area contributed by atoms with Crippen LogP contribution in [0.3, 0.4) is 0 Å². The number of nitrogens with two attached hydrogens (primary N) is 1. The fourth-order valence-electron chi connectivity index (χ4n) is 1.62. The molecule has 0 unspecified atom stereocenters. The Balaban J connectivity index is 2.33. The van der Waals surface area contributed by atoms with Crippen molar-refractivity contribution in [3.05, 3.63) is 41.9 Å². The van der Waals surface area contributed by atoms with Gasteiger partial charge in [-0.2, -0.15) is 0 Å². The number of hydrogen-bond donors (Lipinski definition) is 2. The molecule has 0 aliphatic carbocycles. The second-order valence-electron chi connectivity index (χ2n) is 3.99. The number of nitrogens with zero attached hydrogens (tertiary/aromatic N) is 2. The molecule has 98 valence electrons. The summed E-state index contributed by atoms with van der Waals surface area (Å²) >= 11 is 0. The van der Waals surface area contributed by atoms with Gasteiger partial charge in [-0.25, -0.2) is 9.78 Å². The van der Waals surface area contributed by atoms with Crippen LogP contribution in [0, 0.1) is 6.92 Å². The van der Waals surface area contributed by atoms with Crippen LogP contribution in [0.25, 0.3) is 0 Å². The Hall–Kier alpha value is -2.63. The summed E-state index contributed by atoms with van der Waals surface area (Å²) in [4.78, 5) is 19.7. The lowest BCUT2D eigenvalue weighted by molar-refractivity contribution is 0.0602. The third-order valence-electron chi connectivity index (χ3n) is 2.53. The maximum absolute atomic E-state index is 11.5. The molecule has 2 aromatic rings. The second kappa shape index (κ2) is 5.34. The molecule has 0 atom stereocenters. The summed E-state index contributed by atoms with van der Waals surface area (Å²) < 4.78 is 4.65. The van der Waals surface area contributed by atoms with E-state index in [1.165, 1.54) is 19.4 Å². The Kier molecular flexibility index (Phi) is 3.61. The fraction of sp³-hybridized carbons (Fsp3) is 0.154. The van der Waals surface area contributed by atoms with E-state index in [4.69, 9.17) is 5.73 Å². The van der Waals surface area contributed by atoms with Crippen LogP contribution in [0.15, 0.2) is 30.7 Å². The Morgan fingerprint density at radius 2 is 2.21 bits per heavy atom. The van der Waals surface area contributed by atoms with E-state index in [2.05, 4.69) is 20.0 Å². The molecule has 6 nitrogen and oxygen atoms in total. The molecule has 0 aromatic carbocycles. The van der Waals surface area contributed by atoms with Gasteiger partial charge in [-0.1, -0.05) is 0 Å². The van der Waals surface area contributed by atoms with E-state index < -0.39 is 5.97 Å². The van der Waals surface area contributed by atoms with Crippen LogP contribution in [0.2, 0.25) is 0 Å². The smallest absolute Gasteiger partial charge is 0.340 e. The minimum absolute atomic E-state index is 0.246. The summed E-state index contributed by atoms with van der Waals surface area (Å²) in [5, 5.41) is 3.03. The molecule has 6 heteroatoms. The summed E-state index contributed by atoms with van der Waals surface area (Å²) in [6.45, 7) is 1.93. The number of anilines is 3. The molecule has 2 aromatic heterocycles. The van der Waals surface area contributed by atoms with E-state index in [1.807, 2.05) is 13.0 Å². The van der Waals surface area contributed by atoms with Gasteiger partial charge in [0.25, 0.3) is 0 Å². The van der Waals surface area contributed by atoms with Crippen LogP contribution in [0.1, 0.15) is 15.9 Å².